The third-order valence-electron chi connectivity index (χ3n) is 0. The van der Waals surface area contributed by atoms with Crippen molar-refractivity contribution in [1.82, 2.24) is 0 Å². The first kappa shape index (κ1) is 15.9. The average Bonchev–Trinajstić information content (AvgIpc) is 0.722. The summed E-state index contributed by atoms with van der Waals surface area (Å²) in [6, 6.07) is 0. The fourth-order valence-corrected chi connectivity index (χ4v) is 0. The van der Waals surface area contributed by atoms with E-state index in [9.17, 15) is 0 Å². The quantitative estimate of drug-likeness (QED) is 0.406. The molecule has 0 atom stereocenters. The molecule has 7 heteroatoms. The molecule has 0 aliphatic heterocycles. The normalized spacial score (nSPS) is 8.29. The average molecular weight is 219 g/mol. The van der Waals surface area contributed by atoms with Crippen molar-refractivity contribution < 1.29 is 44.3 Å². The Morgan fingerprint density at radius 2 is 1.57 bits per heavy atom. The predicted octanol–water partition coefficient (Wildman–Crippen LogP) is -4.12. The molecule has 0 heterocycles. The monoisotopic (exact) mass is 220 g/mol. The van der Waals surface area contributed by atoms with E-state index in [1.807, 2.05) is 0 Å². The minimum absolute atomic E-state index is 0. The molecule has 0 aromatic heterocycles. The van der Waals surface area contributed by atoms with Gasteiger partial charge in [-0.15, -0.1) is 0 Å². The molecular weight excluding hydrogens is 214 g/mol. The summed E-state index contributed by atoms with van der Waals surface area (Å²) in [4.78, 5) is 0. The molecule has 0 unspecified atom stereocenters. The van der Waals surface area contributed by atoms with Gasteiger partial charge in [0, 0.05) is 11.2 Å². The van der Waals surface area contributed by atoms with Crippen LogP contribution in [0.25, 0.3) is 0 Å². The molecule has 0 aliphatic rings. The molecule has 0 saturated carbocycles. The maximum atomic E-state index is 9.11. The fourth-order valence-electron chi connectivity index (χ4n) is 0. The van der Waals surface area contributed by atoms with E-state index in [-0.39, 0.29) is 48.1 Å². The molecule has 0 radical (unpaired) electrons. The fraction of sp³-hybridized carbons (Fsp3) is 0. The van der Waals surface area contributed by atoms with Crippen LogP contribution in [0.15, 0.2) is 0 Å². The molecular formula is H5NaO3S2Se. The number of hydrogen-bond donors (Lipinski definition) is 2. The summed E-state index contributed by atoms with van der Waals surface area (Å²) in [5.74, 6) is 0. The number of rotatable bonds is 0. The standard InChI is InChI=1S/Na.H2O3S2.H2Se.H/c;1-5(2,3)4;;/h;(H2,1,2,3,4);1H2;/q+1;;;-1. The van der Waals surface area contributed by atoms with Gasteiger partial charge in [-0.1, -0.05) is 0 Å². The Bertz CT molecular complexity index is 100. The molecule has 42 valence electrons. The van der Waals surface area contributed by atoms with Crippen LogP contribution in [0.5, 0.6) is 0 Å². The molecule has 3 nitrogen and oxygen atoms in total. The molecule has 0 bridgehead atoms. The summed E-state index contributed by atoms with van der Waals surface area (Å²) in [6.07, 6.45) is 0. The summed E-state index contributed by atoms with van der Waals surface area (Å²) in [5.41, 5.74) is 0. The summed E-state index contributed by atoms with van der Waals surface area (Å²) >= 11 is 3.47. The van der Waals surface area contributed by atoms with Crippen molar-refractivity contribution in [3.63, 3.8) is 0 Å². The number of hydrogen-bond acceptors (Lipinski definition) is 2. The molecule has 0 rings (SSSR count). The predicted molar refractivity (Wildman–Crippen MR) is 30.4 cm³/mol. The van der Waals surface area contributed by atoms with Gasteiger partial charge in [0.25, 0.3) is 9.05 Å². The molecule has 0 aliphatic carbocycles. The van der Waals surface area contributed by atoms with Crippen LogP contribution in [0, 0.1) is 0 Å². The molecule has 0 amide bonds. The third kappa shape index (κ3) is 80.5. The molecule has 0 aromatic carbocycles. The van der Waals surface area contributed by atoms with Gasteiger partial charge < -0.3 is 1.43 Å². The topological polar surface area (TPSA) is 57.5 Å². The Kier molecular flexibility index (Phi) is 13.5. The van der Waals surface area contributed by atoms with Crippen molar-refractivity contribution in [3.05, 3.63) is 0 Å². The van der Waals surface area contributed by atoms with Gasteiger partial charge in [-0.2, -0.15) is 4.21 Å². The Morgan fingerprint density at radius 3 is 1.57 bits per heavy atom. The second-order valence-corrected chi connectivity index (χ2v) is 2.65. The minimum atomic E-state index is -3.83. The van der Waals surface area contributed by atoms with E-state index in [0.29, 0.717) is 0 Å². The van der Waals surface area contributed by atoms with Gasteiger partial charge in [-0.25, -0.2) is 0 Å². The second kappa shape index (κ2) is 5.94. The van der Waals surface area contributed by atoms with Crippen LogP contribution in [0.2, 0.25) is 0 Å². The van der Waals surface area contributed by atoms with Gasteiger partial charge in [0.1, 0.15) is 0 Å². The Hall–Kier alpha value is 1.81. The summed E-state index contributed by atoms with van der Waals surface area (Å²) in [6.45, 7) is 0. The van der Waals surface area contributed by atoms with Crippen LogP contribution in [0.4, 0.5) is 0 Å². The van der Waals surface area contributed by atoms with E-state index in [4.69, 9.17) is 13.3 Å². The SMILES string of the molecule is O=S(O)(O)=S.[H-].[Na+].[SeH2]. The maximum absolute atomic E-state index is 9.11. The van der Waals surface area contributed by atoms with Crippen LogP contribution < -0.4 is 29.6 Å². The van der Waals surface area contributed by atoms with E-state index in [2.05, 4.69) is 11.2 Å². The first-order chi connectivity index (χ1) is 2.00. The van der Waals surface area contributed by atoms with Crippen molar-refractivity contribution in [1.29, 1.82) is 0 Å². The van der Waals surface area contributed by atoms with Crippen LogP contribution in [0.1, 0.15) is 1.43 Å². The van der Waals surface area contributed by atoms with Crippen molar-refractivity contribution >= 4 is 37.3 Å². The Labute approximate surface area is 80.8 Å². The van der Waals surface area contributed by atoms with Crippen LogP contribution >= 0.6 is 0 Å². The summed E-state index contributed by atoms with van der Waals surface area (Å²) < 4.78 is 24.0. The van der Waals surface area contributed by atoms with Crippen molar-refractivity contribution in [2.45, 2.75) is 0 Å². The molecule has 0 spiro atoms. The van der Waals surface area contributed by atoms with Gasteiger partial charge in [-0.05, 0) is 0 Å². The zero-order valence-electron chi connectivity index (χ0n) is 4.62. The summed E-state index contributed by atoms with van der Waals surface area (Å²) in [5, 5.41) is 0. The first-order valence-corrected chi connectivity index (χ1v) is 3.10. The second-order valence-electron chi connectivity index (χ2n) is 0.448. The van der Waals surface area contributed by atoms with Gasteiger partial charge in [0.2, 0.25) is 0 Å². The van der Waals surface area contributed by atoms with Crippen molar-refractivity contribution in [2.24, 2.45) is 0 Å². The van der Waals surface area contributed by atoms with Crippen molar-refractivity contribution in [2.75, 3.05) is 0 Å². The zero-order valence-corrected chi connectivity index (χ0v) is 9.35. The third-order valence-corrected chi connectivity index (χ3v) is 0. The van der Waals surface area contributed by atoms with Crippen LogP contribution in [0.3, 0.4) is 0 Å². The Morgan fingerprint density at radius 1 is 1.57 bits per heavy atom. The van der Waals surface area contributed by atoms with Gasteiger partial charge in [0.05, 0.1) is 0 Å². The van der Waals surface area contributed by atoms with Gasteiger partial charge >= 0.3 is 46.6 Å². The van der Waals surface area contributed by atoms with Crippen LogP contribution in [-0.4, -0.2) is 30.4 Å². The van der Waals surface area contributed by atoms with E-state index < -0.39 is 9.05 Å². The van der Waals surface area contributed by atoms with Crippen LogP contribution in [-0.2, 0) is 20.2 Å². The molecule has 0 fully saturated rings. The first-order valence-electron chi connectivity index (χ1n) is 0.698. The van der Waals surface area contributed by atoms with E-state index in [1.165, 1.54) is 0 Å². The molecule has 2 N–H and O–H groups in total. The van der Waals surface area contributed by atoms with E-state index in [0.717, 1.165) is 0 Å². The molecule has 7 heavy (non-hydrogen) atoms. The van der Waals surface area contributed by atoms with E-state index in [1.54, 1.807) is 0 Å². The molecule has 0 aromatic rings. The zero-order chi connectivity index (χ0) is 4.50. The van der Waals surface area contributed by atoms with Gasteiger partial charge in [-0.3, -0.25) is 9.11 Å². The summed E-state index contributed by atoms with van der Waals surface area (Å²) in [7, 11) is -3.83. The Balaban J connectivity index is -0.0000000267. The van der Waals surface area contributed by atoms with E-state index >= 15 is 0 Å². The van der Waals surface area contributed by atoms with Crippen molar-refractivity contribution in [3.8, 4) is 0 Å². The van der Waals surface area contributed by atoms with Gasteiger partial charge in [0.15, 0.2) is 0 Å². The molecule has 0 saturated heterocycles.